The summed E-state index contributed by atoms with van der Waals surface area (Å²) in [5.41, 5.74) is 2.33. The lowest BCUT2D eigenvalue weighted by Crippen LogP contribution is -2.31. The number of carbonyl (C=O) groups excluding carboxylic acids is 1. The van der Waals surface area contributed by atoms with Crippen LogP contribution in [0.15, 0.2) is 66.7 Å². The predicted octanol–water partition coefficient (Wildman–Crippen LogP) is 6.13. The normalized spacial score (nSPS) is 20.9. The van der Waals surface area contributed by atoms with Crippen LogP contribution in [-0.2, 0) is 9.53 Å². The van der Waals surface area contributed by atoms with Gasteiger partial charge in [-0.1, -0.05) is 44.2 Å². The van der Waals surface area contributed by atoms with E-state index < -0.39 is 0 Å². The minimum absolute atomic E-state index is 0.0218. The second-order valence-electron chi connectivity index (χ2n) is 9.88. The van der Waals surface area contributed by atoms with E-state index in [1.807, 2.05) is 36.4 Å². The van der Waals surface area contributed by atoms with Gasteiger partial charge in [-0.2, -0.15) is 0 Å². The molecule has 0 spiro atoms. The van der Waals surface area contributed by atoms with Crippen LogP contribution in [0.25, 0.3) is 0 Å². The summed E-state index contributed by atoms with van der Waals surface area (Å²) in [6.45, 7) is 5.67. The molecule has 194 valence electrons. The molecule has 37 heavy (non-hydrogen) atoms. The first-order chi connectivity index (χ1) is 18.0. The van der Waals surface area contributed by atoms with E-state index in [1.54, 1.807) is 24.3 Å². The fourth-order valence-electron chi connectivity index (χ4n) is 5.10. The van der Waals surface area contributed by atoms with Gasteiger partial charge in [-0.3, -0.25) is 4.79 Å². The average molecular weight is 506 g/mol. The summed E-state index contributed by atoms with van der Waals surface area (Å²) in [5, 5.41) is 2.83. The van der Waals surface area contributed by atoms with Gasteiger partial charge in [0.15, 0.2) is 18.1 Å². The number of hydrogen-bond donors (Lipinski definition) is 1. The molecule has 2 aliphatic heterocycles. The van der Waals surface area contributed by atoms with Crippen molar-refractivity contribution in [2.24, 2.45) is 11.8 Å². The number of hydrogen-bond acceptors (Lipinski definition) is 5. The maximum Gasteiger partial charge on any atom is 0.262 e. The Hall–Kier alpha value is -3.58. The molecule has 3 aromatic carbocycles. The first kappa shape index (κ1) is 25.1. The van der Waals surface area contributed by atoms with Crippen LogP contribution in [0.2, 0.25) is 0 Å². The van der Waals surface area contributed by atoms with Crippen LogP contribution in [0, 0.1) is 17.7 Å². The number of carbonyl (C=O) groups is 1. The van der Waals surface area contributed by atoms with E-state index in [9.17, 15) is 9.18 Å². The Morgan fingerprint density at radius 1 is 1.03 bits per heavy atom. The van der Waals surface area contributed by atoms with E-state index in [2.05, 4.69) is 19.2 Å². The molecule has 1 fully saturated rings. The van der Waals surface area contributed by atoms with Crippen LogP contribution in [-0.4, -0.2) is 32.3 Å². The molecular weight excluding hydrogens is 473 g/mol. The molecule has 0 bridgehead atoms. The van der Waals surface area contributed by atoms with E-state index in [1.165, 1.54) is 6.07 Å². The SMILES string of the molecule is CC(C)[C@@H]1C[C@H](c2ccccc2F)CO[C@H]1c1cccc(OCC(=O)Nc2ccc3c(c2)OCCO3)c1. The highest BCUT2D eigenvalue weighted by atomic mass is 19.1. The number of ether oxygens (including phenoxy) is 4. The molecule has 6 nitrogen and oxygen atoms in total. The third-order valence-corrected chi connectivity index (χ3v) is 7.01. The molecule has 0 aromatic heterocycles. The van der Waals surface area contributed by atoms with Crippen LogP contribution in [0.3, 0.4) is 0 Å². The van der Waals surface area contributed by atoms with Gasteiger partial charge in [0.25, 0.3) is 5.91 Å². The molecule has 0 radical (unpaired) electrons. The molecule has 1 saturated heterocycles. The molecule has 0 unspecified atom stereocenters. The molecule has 2 heterocycles. The fraction of sp³-hybridized carbons (Fsp3) is 0.367. The van der Waals surface area contributed by atoms with Crippen molar-refractivity contribution in [3.05, 3.63) is 83.7 Å². The second-order valence-corrected chi connectivity index (χ2v) is 9.88. The van der Waals surface area contributed by atoms with Crippen molar-refractivity contribution in [2.75, 3.05) is 31.7 Å². The van der Waals surface area contributed by atoms with E-state index >= 15 is 0 Å². The van der Waals surface area contributed by atoms with Crippen molar-refractivity contribution < 1.29 is 28.1 Å². The van der Waals surface area contributed by atoms with Crippen LogP contribution in [0.1, 0.15) is 43.4 Å². The highest BCUT2D eigenvalue weighted by Crippen LogP contribution is 2.44. The molecule has 3 aromatic rings. The summed E-state index contributed by atoms with van der Waals surface area (Å²) in [7, 11) is 0. The monoisotopic (exact) mass is 505 g/mol. The average Bonchev–Trinajstić information content (AvgIpc) is 2.92. The zero-order chi connectivity index (χ0) is 25.8. The molecule has 5 rings (SSSR count). The van der Waals surface area contributed by atoms with E-state index in [-0.39, 0.29) is 36.3 Å². The van der Waals surface area contributed by atoms with Gasteiger partial charge in [0.1, 0.15) is 24.8 Å². The smallest absolute Gasteiger partial charge is 0.262 e. The minimum Gasteiger partial charge on any atom is -0.486 e. The Morgan fingerprint density at radius 2 is 1.84 bits per heavy atom. The van der Waals surface area contributed by atoms with Crippen molar-refractivity contribution in [1.29, 1.82) is 0 Å². The summed E-state index contributed by atoms with van der Waals surface area (Å²) >= 11 is 0. The van der Waals surface area contributed by atoms with Crippen molar-refractivity contribution in [3.63, 3.8) is 0 Å². The lowest BCUT2D eigenvalue weighted by atomic mass is 9.76. The summed E-state index contributed by atoms with van der Waals surface area (Å²) in [4.78, 5) is 12.5. The fourth-order valence-corrected chi connectivity index (χ4v) is 5.10. The van der Waals surface area contributed by atoms with E-state index in [0.29, 0.717) is 54.2 Å². The number of halogens is 1. The van der Waals surface area contributed by atoms with Gasteiger partial charge in [0.2, 0.25) is 0 Å². The van der Waals surface area contributed by atoms with Crippen LogP contribution >= 0.6 is 0 Å². The molecule has 2 aliphatic rings. The number of amides is 1. The van der Waals surface area contributed by atoms with Gasteiger partial charge in [-0.15, -0.1) is 0 Å². The first-order valence-electron chi connectivity index (χ1n) is 12.8. The van der Waals surface area contributed by atoms with Crippen molar-refractivity contribution in [2.45, 2.75) is 32.3 Å². The molecule has 7 heteroatoms. The topological polar surface area (TPSA) is 66.0 Å². The van der Waals surface area contributed by atoms with E-state index in [4.69, 9.17) is 18.9 Å². The zero-order valence-corrected chi connectivity index (χ0v) is 21.1. The van der Waals surface area contributed by atoms with Gasteiger partial charge in [0.05, 0.1) is 12.7 Å². The Bertz CT molecular complexity index is 1250. The number of fused-ring (bicyclic) bond motifs is 1. The number of benzene rings is 3. The third-order valence-electron chi connectivity index (χ3n) is 7.01. The highest BCUT2D eigenvalue weighted by molar-refractivity contribution is 5.92. The van der Waals surface area contributed by atoms with Gasteiger partial charge in [-0.25, -0.2) is 4.39 Å². The second kappa shape index (κ2) is 11.2. The molecule has 0 aliphatic carbocycles. The number of anilines is 1. The number of nitrogens with one attached hydrogen (secondary N) is 1. The maximum atomic E-state index is 14.4. The standard InChI is InChI=1S/C30H32FNO5/c1-19(2)25-15-21(24-8-3-4-9-26(24)31)17-37-30(25)20-6-5-7-23(14-20)36-18-29(33)32-22-10-11-27-28(16-22)35-13-12-34-27/h3-11,14,16,19,21,25,30H,12-13,15,17-18H2,1-2H3,(H,32,33)/t21-,25-,30-/m0/s1. The Balaban J connectivity index is 1.22. The lowest BCUT2D eigenvalue weighted by Gasteiger charge is -2.39. The minimum atomic E-state index is -0.274. The summed E-state index contributed by atoms with van der Waals surface area (Å²) in [5.74, 6) is 2.01. The van der Waals surface area contributed by atoms with Crippen molar-refractivity contribution in [1.82, 2.24) is 0 Å². The molecule has 0 saturated carbocycles. The maximum absolute atomic E-state index is 14.4. The summed E-state index contributed by atoms with van der Waals surface area (Å²) in [6, 6.07) is 19.9. The Labute approximate surface area is 216 Å². The van der Waals surface area contributed by atoms with Crippen LogP contribution in [0.5, 0.6) is 17.2 Å². The summed E-state index contributed by atoms with van der Waals surface area (Å²) < 4.78 is 37.7. The third kappa shape index (κ3) is 5.88. The Morgan fingerprint density at radius 3 is 2.65 bits per heavy atom. The van der Waals surface area contributed by atoms with Gasteiger partial charge in [-0.05, 0) is 59.7 Å². The van der Waals surface area contributed by atoms with Gasteiger partial charge >= 0.3 is 0 Å². The van der Waals surface area contributed by atoms with Crippen molar-refractivity contribution >= 4 is 11.6 Å². The quantitative estimate of drug-likeness (QED) is 0.418. The lowest BCUT2D eigenvalue weighted by molar-refractivity contribution is -0.118. The molecule has 1 N–H and O–H groups in total. The largest absolute Gasteiger partial charge is 0.486 e. The van der Waals surface area contributed by atoms with E-state index in [0.717, 1.165) is 12.0 Å². The van der Waals surface area contributed by atoms with Gasteiger partial charge in [0, 0.05) is 17.7 Å². The van der Waals surface area contributed by atoms with Gasteiger partial charge < -0.3 is 24.3 Å². The molecule has 3 atom stereocenters. The Kier molecular flexibility index (Phi) is 7.60. The predicted molar refractivity (Wildman–Crippen MR) is 139 cm³/mol. The molecular formula is C30H32FNO5. The van der Waals surface area contributed by atoms with Crippen LogP contribution < -0.4 is 19.5 Å². The number of rotatable bonds is 7. The van der Waals surface area contributed by atoms with Crippen molar-refractivity contribution in [3.8, 4) is 17.2 Å². The zero-order valence-electron chi connectivity index (χ0n) is 21.1. The first-order valence-corrected chi connectivity index (χ1v) is 12.8. The molecule has 1 amide bonds. The van der Waals surface area contributed by atoms with Crippen LogP contribution in [0.4, 0.5) is 10.1 Å². The summed E-state index contributed by atoms with van der Waals surface area (Å²) in [6.07, 6.45) is 0.713. The highest BCUT2D eigenvalue weighted by Gasteiger charge is 2.35.